The number of hydrogen-bond donors (Lipinski definition) is 0. The van der Waals surface area contributed by atoms with E-state index < -0.39 is 0 Å². The molecular formula is C11H15NOS. The minimum Gasteiger partial charge on any atom is -0.299 e. The Hall–Kier alpha value is -0.830. The van der Waals surface area contributed by atoms with Crippen molar-refractivity contribution in [1.82, 2.24) is 0 Å². The van der Waals surface area contributed by atoms with Crippen LogP contribution in [-0.2, 0) is 4.79 Å². The first kappa shape index (κ1) is 11.2. The van der Waals surface area contributed by atoms with Gasteiger partial charge in [0.15, 0.2) is 0 Å². The number of ketones is 1. The van der Waals surface area contributed by atoms with E-state index in [0.29, 0.717) is 11.4 Å². The third-order valence-electron chi connectivity index (χ3n) is 2.21. The molecule has 1 aliphatic heterocycles. The number of aliphatic imine (C=N–C) groups is 1. The van der Waals surface area contributed by atoms with Gasteiger partial charge in [-0.2, -0.15) is 0 Å². The van der Waals surface area contributed by atoms with Crippen LogP contribution in [0.15, 0.2) is 17.1 Å². The normalized spacial score (nSPS) is 20.9. The van der Waals surface area contributed by atoms with Gasteiger partial charge in [-0.3, -0.25) is 4.79 Å². The van der Waals surface area contributed by atoms with Crippen molar-refractivity contribution >= 4 is 28.7 Å². The molecule has 14 heavy (non-hydrogen) atoms. The molecule has 0 aromatic carbocycles. The van der Waals surface area contributed by atoms with Crippen LogP contribution >= 0.6 is 12.2 Å². The summed E-state index contributed by atoms with van der Waals surface area (Å²) in [5, 5.41) is 0. The second-order valence-electron chi connectivity index (χ2n) is 3.50. The Balaban J connectivity index is 2.59. The van der Waals surface area contributed by atoms with Gasteiger partial charge in [-0.15, -0.1) is 0 Å². The molecule has 1 heterocycles. The van der Waals surface area contributed by atoms with E-state index in [2.05, 4.69) is 11.9 Å². The fourth-order valence-corrected chi connectivity index (χ4v) is 1.70. The van der Waals surface area contributed by atoms with Crippen molar-refractivity contribution in [1.29, 1.82) is 0 Å². The fourth-order valence-electron chi connectivity index (χ4n) is 1.35. The summed E-state index contributed by atoms with van der Waals surface area (Å²) in [5.74, 6) is -0.0513. The van der Waals surface area contributed by atoms with Crippen molar-refractivity contribution in [2.45, 2.75) is 33.1 Å². The second kappa shape index (κ2) is 5.15. The number of carbonyl (C=O) groups excluding carboxylic acids is 1. The summed E-state index contributed by atoms with van der Waals surface area (Å²) in [4.78, 5) is 16.3. The summed E-state index contributed by atoms with van der Waals surface area (Å²) < 4.78 is 0. The molecule has 0 radical (unpaired) electrons. The molecule has 1 rings (SSSR count). The zero-order valence-corrected chi connectivity index (χ0v) is 9.43. The molecule has 0 saturated carbocycles. The topological polar surface area (TPSA) is 29.4 Å². The predicted octanol–water partition coefficient (Wildman–Crippen LogP) is 2.72. The van der Waals surface area contributed by atoms with Gasteiger partial charge in [0.25, 0.3) is 0 Å². The van der Waals surface area contributed by atoms with Gasteiger partial charge in [-0.1, -0.05) is 31.6 Å². The van der Waals surface area contributed by atoms with Crippen LogP contribution < -0.4 is 0 Å². The molecular weight excluding hydrogens is 194 g/mol. The van der Waals surface area contributed by atoms with Crippen LogP contribution in [0.4, 0.5) is 0 Å². The maximum absolute atomic E-state index is 11.7. The third-order valence-corrected chi connectivity index (χ3v) is 2.55. The molecule has 0 bridgehead atoms. The quantitative estimate of drug-likeness (QED) is 0.666. The number of rotatable bonds is 4. The molecule has 0 fully saturated rings. The third kappa shape index (κ3) is 2.84. The lowest BCUT2D eigenvalue weighted by molar-refractivity contribution is -0.119. The van der Waals surface area contributed by atoms with Crippen LogP contribution in [0, 0.1) is 5.92 Å². The van der Waals surface area contributed by atoms with Gasteiger partial charge in [0.1, 0.15) is 10.8 Å². The molecule has 1 aliphatic rings. The first-order valence-corrected chi connectivity index (χ1v) is 5.36. The van der Waals surface area contributed by atoms with Gasteiger partial charge in [0.2, 0.25) is 0 Å². The fraction of sp³-hybridized carbons (Fsp3) is 0.545. The molecule has 0 amide bonds. The van der Waals surface area contributed by atoms with Crippen LogP contribution in [-0.4, -0.2) is 16.5 Å². The molecule has 76 valence electrons. The molecule has 0 aromatic heterocycles. The molecule has 0 aromatic rings. The van der Waals surface area contributed by atoms with Crippen molar-refractivity contribution in [2.75, 3.05) is 0 Å². The highest BCUT2D eigenvalue weighted by molar-refractivity contribution is 7.80. The Morgan fingerprint density at radius 3 is 2.93 bits per heavy atom. The number of carbonyl (C=O) groups is 1. The molecule has 3 heteroatoms. The molecule has 1 unspecified atom stereocenters. The number of nitrogens with zero attached hydrogens (tertiary/aromatic N) is 1. The Morgan fingerprint density at radius 2 is 2.36 bits per heavy atom. The summed E-state index contributed by atoms with van der Waals surface area (Å²) in [7, 11) is 0. The molecule has 0 N–H and O–H groups in total. The van der Waals surface area contributed by atoms with Crippen molar-refractivity contribution in [3.8, 4) is 0 Å². The lowest BCUT2D eigenvalue weighted by Crippen LogP contribution is -2.22. The summed E-state index contributed by atoms with van der Waals surface area (Å²) in [6.07, 6.45) is 6.32. The standard InChI is InChI=1S/C11H15NOS/c1-3-4-5-10(13)9-7-6-8(2)12-11(9)14/h6-7,9H,3-5H2,1-2H3. The van der Waals surface area contributed by atoms with E-state index in [4.69, 9.17) is 12.2 Å². The Bertz CT molecular complexity index is 304. The number of dihydropyridines is 1. The van der Waals surface area contributed by atoms with Gasteiger partial charge < -0.3 is 0 Å². The lowest BCUT2D eigenvalue weighted by atomic mass is 9.97. The van der Waals surface area contributed by atoms with Crippen molar-refractivity contribution < 1.29 is 4.79 Å². The molecule has 0 aliphatic carbocycles. The molecule has 0 saturated heterocycles. The number of Topliss-reactive ketones (excluding diaryl/α,β-unsaturated/α-hetero) is 1. The average Bonchev–Trinajstić information content (AvgIpc) is 2.14. The number of thiocarbonyl (C=S) groups is 1. The summed E-state index contributed by atoms with van der Waals surface area (Å²) in [6, 6.07) is 0. The van der Waals surface area contributed by atoms with E-state index in [0.717, 1.165) is 18.6 Å². The van der Waals surface area contributed by atoms with Gasteiger partial charge in [0.05, 0.1) is 5.92 Å². The number of hydrogen-bond acceptors (Lipinski definition) is 2. The smallest absolute Gasteiger partial charge is 0.146 e. The maximum Gasteiger partial charge on any atom is 0.146 e. The summed E-state index contributed by atoms with van der Waals surface area (Å²) in [6.45, 7) is 3.96. The van der Waals surface area contributed by atoms with Crippen LogP contribution in [0.25, 0.3) is 0 Å². The predicted molar refractivity (Wildman–Crippen MR) is 62.9 cm³/mol. The lowest BCUT2D eigenvalue weighted by Gasteiger charge is -2.13. The monoisotopic (exact) mass is 209 g/mol. The first-order chi connectivity index (χ1) is 6.65. The van der Waals surface area contributed by atoms with E-state index in [1.807, 2.05) is 19.1 Å². The van der Waals surface area contributed by atoms with Gasteiger partial charge in [-0.25, -0.2) is 4.99 Å². The highest BCUT2D eigenvalue weighted by atomic mass is 32.1. The van der Waals surface area contributed by atoms with E-state index >= 15 is 0 Å². The van der Waals surface area contributed by atoms with Crippen LogP contribution in [0.5, 0.6) is 0 Å². The highest BCUT2D eigenvalue weighted by Crippen LogP contribution is 2.14. The molecule has 1 atom stereocenters. The Morgan fingerprint density at radius 1 is 1.64 bits per heavy atom. The number of unbranched alkanes of at least 4 members (excludes halogenated alkanes) is 1. The van der Waals surface area contributed by atoms with Gasteiger partial charge in [0, 0.05) is 12.1 Å². The highest BCUT2D eigenvalue weighted by Gasteiger charge is 2.21. The largest absolute Gasteiger partial charge is 0.299 e. The Kier molecular flexibility index (Phi) is 4.14. The zero-order chi connectivity index (χ0) is 10.6. The van der Waals surface area contributed by atoms with Crippen molar-refractivity contribution in [3.63, 3.8) is 0 Å². The van der Waals surface area contributed by atoms with Crippen molar-refractivity contribution in [2.24, 2.45) is 10.9 Å². The van der Waals surface area contributed by atoms with Crippen molar-refractivity contribution in [3.05, 3.63) is 12.2 Å². The van der Waals surface area contributed by atoms with E-state index in [1.54, 1.807) is 0 Å². The Labute approximate surface area is 90.1 Å². The summed E-state index contributed by atoms with van der Waals surface area (Å²) >= 11 is 5.07. The van der Waals surface area contributed by atoms with Crippen LogP contribution in [0.3, 0.4) is 0 Å². The van der Waals surface area contributed by atoms with Crippen LogP contribution in [0.2, 0.25) is 0 Å². The summed E-state index contributed by atoms with van der Waals surface area (Å²) in [5.41, 5.74) is 0.884. The van der Waals surface area contributed by atoms with E-state index in [1.165, 1.54) is 0 Å². The van der Waals surface area contributed by atoms with Gasteiger partial charge >= 0.3 is 0 Å². The molecule has 2 nitrogen and oxygen atoms in total. The van der Waals surface area contributed by atoms with Crippen LogP contribution in [0.1, 0.15) is 33.1 Å². The second-order valence-corrected chi connectivity index (χ2v) is 3.92. The van der Waals surface area contributed by atoms with E-state index in [-0.39, 0.29) is 11.7 Å². The first-order valence-electron chi connectivity index (χ1n) is 4.95. The van der Waals surface area contributed by atoms with Gasteiger partial charge in [-0.05, 0) is 19.4 Å². The SMILES string of the molecule is CCCCC(=O)C1C=CC(C)=NC1=S. The minimum absolute atomic E-state index is 0.198. The maximum atomic E-state index is 11.7. The minimum atomic E-state index is -0.250. The zero-order valence-electron chi connectivity index (χ0n) is 8.62. The van der Waals surface area contributed by atoms with E-state index in [9.17, 15) is 4.79 Å². The molecule has 0 spiro atoms. The number of allylic oxidation sites excluding steroid dienone is 1. The average molecular weight is 209 g/mol.